The van der Waals surface area contributed by atoms with Crippen molar-refractivity contribution < 1.29 is 14.3 Å². The average Bonchev–Trinajstić information content (AvgIpc) is 3.09. The van der Waals surface area contributed by atoms with Gasteiger partial charge in [0.1, 0.15) is 11.8 Å². The molecule has 0 unspecified atom stereocenters. The van der Waals surface area contributed by atoms with Gasteiger partial charge in [0.2, 0.25) is 0 Å². The van der Waals surface area contributed by atoms with E-state index in [0.717, 1.165) is 37.3 Å². The Hall–Kier alpha value is -3.19. The first kappa shape index (κ1) is 18.2. The minimum absolute atomic E-state index is 0.0330. The molecule has 7 nitrogen and oxygen atoms in total. The second-order valence-electron chi connectivity index (χ2n) is 6.93. The van der Waals surface area contributed by atoms with Crippen LogP contribution in [0.5, 0.6) is 0 Å². The summed E-state index contributed by atoms with van der Waals surface area (Å²) in [4.78, 5) is 29.0. The zero-order valence-corrected chi connectivity index (χ0v) is 15.6. The number of esters is 1. The van der Waals surface area contributed by atoms with E-state index in [2.05, 4.69) is 15.6 Å². The van der Waals surface area contributed by atoms with E-state index in [1.807, 2.05) is 17.5 Å². The van der Waals surface area contributed by atoms with Crippen LogP contribution in [0.3, 0.4) is 0 Å². The van der Waals surface area contributed by atoms with E-state index in [4.69, 9.17) is 4.74 Å². The fraction of sp³-hybridized carbons (Fsp3) is 0.286. The Morgan fingerprint density at radius 3 is 2.64 bits per heavy atom. The predicted molar refractivity (Wildman–Crippen MR) is 106 cm³/mol. The molecule has 1 aliphatic rings. The van der Waals surface area contributed by atoms with Crippen LogP contribution in [-0.2, 0) is 4.74 Å². The third-order valence-corrected chi connectivity index (χ3v) is 4.90. The lowest BCUT2D eigenvalue weighted by atomic mass is 10.1. The molecule has 4 rings (SSSR count). The minimum atomic E-state index is -0.329. The smallest absolute Gasteiger partial charge is 0.338 e. The van der Waals surface area contributed by atoms with Gasteiger partial charge in [0.15, 0.2) is 0 Å². The van der Waals surface area contributed by atoms with Crippen LogP contribution in [0, 0.1) is 6.92 Å². The molecule has 1 fully saturated rings. The quantitative estimate of drug-likeness (QED) is 0.682. The van der Waals surface area contributed by atoms with E-state index >= 15 is 0 Å². The highest BCUT2D eigenvalue weighted by atomic mass is 16.5. The Morgan fingerprint density at radius 2 is 1.89 bits per heavy atom. The number of amides is 1. The Balaban J connectivity index is 1.40. The first-order chi connectivity index (χ1) is 13.6. The predicted octanol–water partition coefficient (Wildman–Crippen LogP) is 2.80. The summed E-state index contributed by atoms with van der Waals surface area (Å²) in [5.74, 6) is -0.557. The molecule has 2 N–H and O–H groups in total. The van der Waals surface area contributed by atoms with Gasteiger partial charge in [-0.25, -0.2) is 9.78 Å². The van der Waals surface area contributed by atoms with Crippen molar-refractivity contribution in [3.63, 3.8) is 0 Å². The zero-order chi connectivity index (χ0) is 19.5. The van der Waals surface area contributed by atoms with Crippen molar-refractivity contribution in [1.29, 1.82) is 0 Å². The van der Waals surface area contributed by atoms with Crippen LogP contribution in [0.1, 0.15) is 39.3 Å². The standard InChI is InChI=1S/C21H22N4O3/c1-14-13-23-19-12-16(8-11-25(14)19)20(26)24-17-4-2-15(3-5-17)21(27)28-18-6-9-22-10-7-18/h2-5,8,11-13,18,22H,6-7,9-10H2,1H3,(H,24,26). The molecule has 0 saturated carbocycles. The summed E-state index contributed by atoms with van der Waals surface area (Å²) in [5.41, 5.74) is 3.34. The molecular formula is C21H22N4O3. The van der Waals surface area contributed by atoms with Crippen LogP contribution in [0.25, 0.3) is 5.65 Å². The number of pyridine rings is 1. The zero-order valence-electron chi connectivity index (χ0n) is 15.6. The highest BCUT2D eigenvalue weighted by molar-refractivity contribution is 6.05. The first-order valence-electron chi connectivity index (χ1n) is 9.37. The Kier molecular flexibility index (Phi) is 5.08. The van der Waals surface area contributed by atoms with Gasteiger partial charge in [0.05, 0.1) is 5.56 Å². The number of ether oxygens (including phenoxy) is 1. The van der Waals surface area contributed by atoms with Gasteiger partial charge in [-0.1, -0.05) is 0 Å². The Morgan fingerprint density at radius 1 is 1.14 bits per heavy atom. The van der Waals surface area contributed by atoms with Gasteiger partial charge in [-0.3, -0.25) is 4.79 Å². The summed E-state index contributed by atoms with van der Waals surface area (Å²) < 4.78 is 7.45. The molecule has 3 heterocycles. The monoisotopic (exact) mass is 378 g/mol. The van der Waals surface area contributed by atoms with Crippen molar-refractivity contribution in [2.24, 2.45) is 0 Å². The number of hydrogen-bond donors (Lipinski definition) is 2. The first-order valence-corrected chi connectivity index (χ1v) is 9.37. The summed E-state index contributed by atoms with van der Waals surface area (Å²) in [7, 11) is 0. The maximum absolute atomic E-state index is 12.5. The van der Waals surface area contributed by atoms with Gasteiger partial charge >= 0.3 is 5.97 Å². The highest BCUT2D eigenvalue weighted by Crippen LogP contribution is 2.16. The molecule has 2 aromatic heterocycles. The highest BCUT2D eigenvalue weighted by Gasteiger charge is 2.18. The number of fused-ring (bicyclic) bond motifs is 1. The van der Waals surface area contributed by atoms with Crippen molar-refractivity contribution in [2.75, 3.05) is 18.4 Å². The molecule has 0 bridgehead atoms. The number of benzene rings is 1. The van der Waals surface area contributed by atoms with E-state index in [9.17, 15) is 9.59 Å². The van der Waals surface area contributed by atoms with Gasteiger partial charge in [0, 0.05) is 29.3 Å². The van der Waals surface area contributed by atoms with Crippen LogP contribution in [0.4, 0.5) is 5.69 Å². The van der Waals surface area contributed by atoms with Crippen molar-refractivity contribution in [3.05, 3.63) is 65.6 Å². The number of imidazole rings is 1. The number of nitrogens with zero attached hydrogens (tertiary/aromatic N) is 2. The van der Waals surface area contributed by atoms with Crippen LogP contribution in [-0.4, -0.2) is 40.5 Å². The molecule has 1 aromatic carbocycles. The molecule has 0 radical (unpaired) electrons. The van der Waals surface area contributed by atoms with E-state index in [1.165, 1.54) is 0 Å². The lowest BCUT2D eigenvalue weighted by Gasteiger charge is -2.22. The molecule has 1 amide bonds. The number of carbonyl (C=O) groups excluding carboxylic acids is 2. The van der Waals surface area contributed by atoms with Crippen LogP contribution in [0.2, 0.25) is 0 Å². The molecule has 0 aliphatic carbocycles. The normalized spacial score (nSPS) is 14.8. The number of hydrogen-bond acceptors (Lipinski definition) is 5. The molecule has 144 valence electrons. The fourth-order valence-electron chi connectivity index (χ4n) is 3.27. The van der Waals surface area contributed by atoms with Crippen molar-refractivity contribution in [1.82, 2.24) is 14.7 Å². The number of carbonyl (C=O) groups is 2. The van der Waals surface area contributed by atoms with Gasteiger partial charge in [-0.2, -0.15) is 0 Å². The molecule has 7 heteroatoms. The SMILES string of the molecule is Cc1cnc2cc(C(=O)Nc3ccc(C(=O)OC4CCNCC4)cc3)ccn12. The summed E-state index contributed by atoms with van der Waals surface area (Å²) >= 11 is 0. The molecule has 1 aliphatic heterocycles. The molecule has 0 atom stereocenters. The van der Waals surface area contributed by atoms with E-state index in [1.54, 1.807) is 42.6 Å². The van der Waals surface area contributed by atoms with Crippen molar-refractivity contribution in [2.45, 2.75) is 25.9 Å². The summed E-state index contributed by atoms with van der Waals surface area (Å²) in [6, 6.07) is 10.2. The van der Waals surface area contributed by atoms with E-state index < -0.39 is 0 Å². The second kappa shape index (κ2) is 7.82. The number of rotatable bonds is 4. The number of piperidine rings is 1. The summed E-state index contributed by atoms with van der Waals surface area (Å²) in [6.45, 7) is 3.69. The van der Waals surface area contributed by atoms with Crippen LogP contribution >= 0.6 is 0 Å². The Bertz CT molecular complexity index is 1000. The number of aromatic nitrogens is 2. The van der Waals surface area contributed by atoms with Crippen molar-refractivity contribution >= 4 is 23.2 Å². The lowest BCUT2D eigenvalue weighted by Crippen LogP contribution is -2.33. The van der Waals surface area contributed by atoms with E-state index in [0.29, 0.717) is 16.8 Å². The summed E-state index contributed by atoms with van der Waals surface area (Å²) in [6.07, 6.45) is 5.22. The Labute approximate surface area is 162 Å². The number of anilines is 1. The molecule has 28 heavy (non-hydrogen) atoms. The minimum Gasteiger partial charge on any atom is -0.459 e. The van der Waals surface area contributed by atoms with Gasteiger partial charge in [0.25, 0.3) is 5.91 Å². The maximum atomic E-state index is 12.5. The number of aryl methyl sites for hydroxylation is 1. The fourth-order valence-corrected chi connectivity index (χ4v) is 3.27. The molecular weight excluding hydrogens is 356 g/mol. The summed E-state index contributed by atoms with van der Waals surface area (Å²) in [5, 5.41) is 6.08. The lowest BCUT2D eigenvalue weighted by molar-refractivity contribution is 0.0229. The average molecular weight is 378 g/mol. The van der Waals surface area contributed by atoms with E-state index in [-0.39, 0.29) is 18.0 Å². The topological polar surface area (TPSA) is 84.7 Å². The van der Waals surface area contributed by atoms with Gasteiger partial charge < -0.3 is 19.8 Å². The van der Waals surface area contributed by atoms with Gasteiger partial charge in [-0.05, 0) is 69.3 Å². The largest absolute Gasteiger partial charge is 0.459 e. The van der Waals surface area contributed by atoms with Crippen molar-refractivity contribution in [3.8, 4) is 0 Å². The molecule has 3 aromatic rings. The maximum Gasteiger partial charge on any atom is 0.338 e. The van der Waals surface area contributed by atoms with Gasteiger partial charge in [-0.15, -0.1) is 0 Å². The molecule has 1 saturated heterocycles. The third kappa shape index (κ3) is 3.89. The van der Waals surface area contributed by atoms with Crippen LogP contribution in [0.15, 0.2) is 48.8 Å². The second-order valence-corrected chi connectivity index (χ2v) is 6.93. The number of nitrogens with one attached hydrogen (secondary N) is 2. The third-order valence-electron chi connectivity index (χ3n) is 4.90. The van der Waals surface area contributed by atoms with Crippen LogP contribution < -0.4 is 10.6 Å². The molecule has 0 spiro atoms.